The molecule has 0 bridgehead atoms. The van der Waals surface area contributed by atoms with Crippen molar-refractivity contribution in [3.05, 3.63) is 41.1 Å². The van der Waals surface area contributed by atoms with E-state index in [1.807, 2.05) is 11.4 Å². The summed E-state index contributed by atoms with van der Waals surface area (Å²) in [5.74, 6) is 0. The molecular formula is C10H7Br2ClS2. The molecule has 0 aliphatic carbocycles. The Hall–Kier alpha value is 0.650. The molecular weight excluding hydrogens is 380 g/mol. The number of hydrogen-bond acceptors (Lipinski definition) is 2. The van der Waals surface area contributed by atoms with E-state index in [-0.39, 0.29) is 5.38 Å². The molecule has 0 spiro atoms. The molecule has 0 aliphatic heterocycles. The van der Waals surface area contributed by atoms with Gasteiger partial charge in [-0.1, -0.05) is 0 Å². The fraction of sp³-hybridized carbons (Fsp3) is 0.200. The molecule has 0 saturated carbocycles. The highest BCUT2D eigenvalue weighted by molar-refractivity contribution is 9.11. The van der Waals surface area contributed by atoms with E-state index in [0.29, 0.717) is 0 Å². The van der Waals surface area contributed by atoms with Crippen molar-refractivity contribution < 1.29 is 0 Å². The number of alkyl halides is 1. The Bertz CT molecular complexity index is 456. The van der Waals surface area contributed by atoms with Crippen molar-refractivity contribution in [2.45, 2.75) is 12.3 Å². The first-order valence-electron chi connectivity index (χ1n) is 4.22. The second-order valence-corrected chi connectivity index (χ2v) is 7.74. The van der Waals surface area contributed by atoms with Gasteiger partial charge >= 0.3 is 0 Å². The third-order valence-corrected chi connectivity index (χ3v) is 6.85. The first-order valence-corrected chi connectivity index (χ1v) is 7.94. The van der Waals surface area contributed by atoms with Gasteiger partial charge in [0.1, 0.15) is 5.38 Å². The predicted molar refractivity (Wildman–Crippen MR) is 76.5 cm³/mol. The predicted octanol–water partition coefficient (Wildman–Crippen LogP) is 5.97. The molecule has 0 N–H and O–H groups in total. The topological polar surface area (TPSA) is 0 Å². The summed E-state index contributed by atoms with van der Waals surface area (Å²) in [5, 5.41) is 2.00. The molecule has 1 unspecified atom stereocenters. The number of halogens is 3. The van der Waals surface area contributed by atoms with Crippen molar-refractivity contribution in [3.8, 4) is 0 Å². The van der Waals surface area contributed by atoms with Crippen LogP contribution in [0.15, 0.2) is 25.8 Å². The fourth-order valence-corrected chi connectivity index (χ4v) is 5.05. The Kier molecular flexibility index (Phi) is 3.94. The molecule has 0 fully saturated rings. The Balaban J connectivity index is 2.36. The number of hydrogen-bond donors (Lipinski definition) is 0. The fourth-order valence-electron chi connectivity index (χ4n) is 1.22. The molecule has 0 aliphatic rings. The average Bonchev–Trinajstić information content (AvgIpc) is 2.74. The largest absolute Gasteiger partial charge is 0.146 e. The molecule has 2 heterocycles. The summed E-state index contributed by atoms with van der Waals surface area (Å²) in [6.07, 6.45) is 0. The maximum atomic E-state index is 6.43. The van der Waals surface area contributed by atoms with Gasteiger partial charge in [0.15, 0.2) is 0 Å². The van der Waals surface area contributed by atoms with E-state index < -0.39 is 0 Å². The first kappa shape index (κ1) is 12.1. The van der Waals surface area contributed by atoms with E-state index in [0.717, 1.165) is 8.26 Å². The summed E-state index contributed by atoms with van der Waals surface area (Å²) in [6.45, 7) is 2.08. The van der Waals surface area contributed by atoms with Gasteiger partial charge in [-0.25, -0.2) is 0 Å². The van der Waals surface area contributed by atoms with Crippen LogP contribution in [0, 0.1) is 6.92 Å². The summed E-state index contributed by atoms with van der Waals surface area (Å²) >= 11 is 16.8. The SMILES string of the molecule is Cc1cc(C(Cl)c2sccc2Br)sc1Br. The minimum absolute atomic E-state index is 0.0469. The molecule has 0 saturated heterocycles. The third kappa shape index (κ3) is 2.50. The molecule has 2 aromatic rings. The minimum Gasteiger partial charge on any atom is -0.146 e. The lowest BCUT2D eigenvalue weighted by atomic mass is 10.2. The Morgan fingerprint density at radius 1 is 1.40 bits per heavy atom. The van der Waals surface area contributed by atoms with Gasteiger partial charge in [0, 0.05) is 14.2 Å². The summed E-state index contributed by atoms with van der Waals surface area (Å²) in [5.41, 5.74) is 1.24. The van der Waals surface area contributed by atoms with Crippen LogP contribution in [-0.4, -0.2) is 0 Å². The number of thiophene rings is 2. The maximum Gasteiger partial charge on any atom is 0.103 e. The van der Waals surface area contributed by atoms with Crippen LogP contribution in [0.5, 0.6) is 0 Å². The quantitative estimate of drug-likeness (QED) is 0.558. The lowest BCUT2D eigenvalue weighted by Gasteiger charge is -2.04. The summed E-state index contributed by atoms with van der Waals surface area (Å²) in [4.78, 5) is 2.36. The molecule has 0 radical (unpaired) electrons. The van der Waals surface area contributed by atoms with Gasteiger partial charge in [0.25, 0.3) is 0 Å². The van der Waals surface area contributed by atoms with E-state index in [2.05, 4.69) is 44.8 Å². The van der Waals surface area contributed by atoms with Crippen LogP contribution in [0.25, 0.3) is 0 Å². The average molecular weight is 387 g/mol. The molecule has 0 aromatic carbocycles. The minimum atomic E-state index is -0.0469. The van der Waals surface area contributed by atoms with Crippen molar-refractivity contribution in [2.24, 2.45) is 0 Å². The zero-order chi connectivity index (χ0) is 11.0. The van der Waals surface area contributed by atoms with Crippen LogP contribution in [0.1, 0.15) is 20.7 Å². The Morgan fingerprint density at radius 2 is 2.13 bits per heavy atom. The first-order chi connectivity index (χ1) is 7.09. The van der Waals surface area contributed by atoms with Crippen LogP contribution in [0.2, 0.25) is 0 Å². The van der Waals surface area contributed by atoms with Crippen LogP contribution in [0.3, 0.4) is 0 Å². The summed E-state index contributed by atoms with van der Waals surface area (Å²) in [7, 11) is 0. The maximum absolute atomic E-state index is 6.43. The van der Waals surface area contributed by atoms with Gasteiger partial charge in [0.05, 0.1) is 3.79 Å². The molecule has 1 atom stereocenters. The summed E-state index contributed by atoms with van der Waals surface area (Å²) in [6, 6.07) is 4.17. The molecule has 5 heteroatoms. The lowest BCUT2D eigenvalue weighted by Crippen LogP contribution is -1.86. The van der Waals surface area contributed by atoms with Crippen molar-refractivity contribution in [3.63, 3.8) is 0 Å². The molecule has 2 aromatic heterocycles. The molecule has 0 nitrogen and oxygen atoms in total. The van der Waals surface area contributed by atoms with Gasteiger partial charge in [-0.3, -0.25) is 0 Å². The number of aryl methyl sites for hydroxylation is 1. The van der Waals surface area contributed by atoms with Crippen molar-refractivity contribution in [1.82, 2.24) is 0 Å². The van der Waals surface area contributed by atoms with Crippen molar-refractivity contribution in [1.29, 1.82) is 0 Å². The van der Waals surface area contributed by atoms with Crippen LogP contribution < -0.4 is 0 Å². The molecule has 0 amide bonds. The Labute approximate surface area is 119 Å². The van der Waals surface area contributed by atoms with Crippen molar-refractivity contribution >= 4 is 66.1 Å². The zero-order valence-electron chi connectivity index (χ0n) is 7.76. The van der Waals surface area contributed by atoms with Gasteiger partial charge in [0.2, 0.25) is 0 Å². The van der Waals surface area contributed by atoms with E-state index in [1.54, 1.807) is 22.7 Å². The number of rotatable bonds is 2. The van der Waals surface area contributed by atoms with E-state index in [4.69, 9.17) is 11.6 Å². The van der Waals surface area contributed by atoms with E-state index in [9.17, 15) is 0 Å². The van der Waals surface area contributed by atoms with Gasteiger partial charge in [-0.15, -0.1) is 34.3 Å². The molecule has 2 rings (SSSR count). The van der Waals surface area contributed by atoms with Gasteiger partial charge in [-0.05, 0) is 61.9 Å². The van der Waals surface area contributed by atoms with Gasteiger partial charge < -0.3 is 0 Å². The van der Waals surface area contributed by atoms with Gasteiger partial charge in [-0.2, -0.15) is 0 Å². The normalized spacial score (nSPS) is 13.1. The van der Waals surface area contributed by atoms with Crippen LogP contribution in [0.4, 0.5) is 0 Å². The standard InChI is InChI=1S/C10H7Br2ClS2/c1-5-4-7(15-10(5)12)8(13)9-6(11)2-3-14-9/h2-4,8H,1H3. The van der Waals surface area contributed by atoms with E-state index in [1.165, 1.54) is 15.3 Å². The van der Waals surface area contributed by atoms with Crippen LogP contribution in [-0.2, 0) is 0 Å². The third-order valence-electron chi connectivity index (χ3n) is 2.00. The smallest absolute Gasteiger partial charge is 0.103 e. The zero-order valence-corrected chi connectivity index (χ0v) is 13.3. The molecule has 15 heavy (non-hydrogen) atoms. The highest BCUT2D eigenvalue weighted by Crippen LogP contribution is 2.42. The van der Waals surface area contributed by atoms with E-state index >= 15 is 0 Å². The highest BCUT2D eigenvalue weighted by Gasteiger charge is 2.18. The lowest BCUT2D eigenvalue weighted by molar-refractivity contribution is 1.22. The second kappa shape index (κ2) is 4.88. The monoisotopic (exact) mass is 384 g/mol. The van der Waals surface area contributed by atoms with Crippen LogP contribution >= 0.6 is 66.1 Å². The highest BCUT2D eigenvalue weighted by atomic mass is 79.9. The van der Waals surface area contributed by atoms with Crippen molar-refractivity contribution in [2.75, 3.05) is 0 Å². The second-order valence-electron chi connectivity index (χ2n) is 3.10. The summed E-state index contributed by atoms with van der Waals surface area (Å²) < 4.78 is 2.26. The molecule has 80 valence electrons. The Morgan fingerprint density at radius 3 is 2.60 bits per heavy atom.